The van der Waals surface area contributed by atoms with E-state index in [0.29, 0.717) is 17.0 Å². The van der Waals surface area contributed by atoms with Crippen LogP contribution in [0.15, 0.2) is 72.4 Å². The Labute approximate surface area is 201 Å². The molecule has 35 heavy (non-hydrogen) atoms. The van der Waals surface area contributed by atoms with Crippen molar-refractivity contribution >= 4 is 29.3 Å². The van der Waals surface area contributed by atoms with E-state index >= 15 is 0 Å². The van der Waals surface area contributed by atoms with Crippen LogP contribution in [0.25, 0.3) is 6.08 Å². The summed E-state index contributed by atoms with van der Waals surface area (Å²) in [5.74, 6) is -0.544. The van der Waals surface area contributed by atoms with Crippen LogP contribution in [0.3, 0.4) is 0 Å². The maximum absolute atomic E-state index is 13.2. The molecule has 0 saturated heterocycles. The average Bonchev–Trinajstić information content (AvgIpc) is 2.88. The van der Waals surface area contributed by atoms with Crippen molar-refractivity contribution in [2.45, 2.75) is 0 Å². The van der Waals surface area contributed by atoms with E-state index in [9.17, 15) is 19.7 Å². The average molecular weight is 477 g/mol. The lowest BCUT2D eigenvalue weighted by atomic mass is 10.1. The number of amides is 2. The molecule has 10 nitrogen and oxygen atoms in total. The number of carbonyl (C=O) groups excluding carboxylic acids is 2. The van der Waals surface area contributed by atoms with Gasteiger partial charge >= 0.3 is 0 Å². The first-order valence-corrected chi connectivity index (χ1v) is 10.3. The predicted molar refractivity (Wildman–Crippen MR) is 130 cm³/mol. The van der Waals surface area contributed by atoms with Crippen molar-refractivity contribution in [1.29, 1.82) is 0 Å². The number of anilines is 1. The highest BCUT2D eigenvalue weighted by Crippen LogP contribution is 2.35. The topological polar surface area (TPSA) is 129 Å². The molecule has 3 aromatic carbocycles. The minimum Gasteiger partial charge on any atom is -0.495 e. The Morgan fingerprint density at radius 3 is 2.09 bits per heavy atom. The third kappa shape index (κ3) is 5.93. The SMILES string of the molecule is COc1ccccc1NC(=O)/C(=C/c1cc(OC)c(OC)cc1[N+](=O)[O-])NC(=O)c1ccccc1. The number of nitro benzene ring substituents is 1. The van der Waals surface area contributed by atoms with E-state index in [4.69, 9.17) is 14.2 Å². The molecule has 3 rings (SSSR count). The molecule has 180 valence electrons. The Morgan fingerprint density at radius 1 is 0.857 bits per heavy atom. The van der Waals surface area contributed by atoms with Gasteiger partial charge in [-0.2, -0.15) is 0 Å². The van der Waals surface area contributed by atoms with E-state index in [1.54, 1.807) is 54.6 Å². The second-order valence-electron chi connectivity index (χ2n) is 7.06. The summed E-state index contributed by atoms with van der Waals surface area (Å²) in [6.07, 6.45) is 1.20. The highest BCUT2D eigenvalue weighted by molar-refractivity contribution is 6.11. The van der Waals surface area contributed by atoms with E-state index in [0.717, 1.165) is 0 Å². The van der Waals surface area contributed by atoms with E-state index in [-0.39, 0.29) is 28.4 Å². The number of hydrogen-bond acceptors (Lipinski definition) is 7. The van der Waals surface area contributed by atoms with Crippen molar-refractivity contribution in [2.75, 3.05) is 26.6 Å². The van der Waals surface area contributed by atoms with Gasteiger partial charge in [0.2, 0.25) is 0 Å². The van der Waals surface area contributed by atoms with Gasteiger partial charge in [-0.3, -0.25) is 19.7 Å². The lowest BCUT2D eigenvalue weighted by Crippen LogP contribution is -2.30. The largest absolute Gasteiger partial charge is 0.495 e. The maximum atomic E-state index is 13.2. The van der Waals surface area contributed by atoms with Crippen molar-refractivity contribution in [3.63, 3.8) is 0 Å². The van der Waals surface area contributed by atoms with Gasteiger partial charge in [0.25, 0.3) is 17.5 Å². The number of nitrogens with zero attached hydrogens (tertiary/aromatic N) is 1. The van der Waals surface area contributed by atoms with E-state index < -0.39 is 16.7 Å². The molecular weight excluding hydrogens is 454 g/mol. The number of hydrogen-bond donors (Lipinski definition) is 2. The molecule has 0 heterocycles. The fraction of sp³-hybridized carbons (Fsp3) is 0.120. The highest BCUT2D eigenvalue weighted by atomic mass is 16.6. The van der Waals surface area contributed by atoms with Crippen LogP contribution in [-0.4, -0.2) is 38.1 Å². The number of para-hydroxylation sites is 2. The molecule has 3 aromatic rings. The molecule has 0 spiro atoms. The monoisotopic (exact) mass is 477 g/mol. The Bertz CT molecular complexity index is 1270. The van der Waals surface area contributed by atoms with Gasteiger partial charge in [-0.25, -0.2) is 0 Å². The smallest absolute Gasteiger partial charge is 0.280 e. The van der Waals surface area contributed by atoms with Crippen molar-refractivity contribution in [1.82, 2.24) is 5.32 Å². The van der Waals surface area contributed by atoms with Crippen molar-refractivity contribution in [3.8, 4) is 17.2 Å². The number of methoxy groups -OCH3 is 3. The summed E-state index contributed by atoms with van der Waals surface area (Å²) in [5.41, 5.74) is 0.0810. The molecule has 10 heteroatoms. The van der Waals surface area contributed by atoms with Gasteiger partial charge in [-0.15, -0.1) is 0 Å². The van der Waals surface area contributed by atoms with Gasteiger partial charge in [0, 0.05) is 5.56 Å². The van der Waals surface area contributed by atoms with Crippen molar-refractivity contribution < 1.29 is 28.7 Å². The normalized spacial score (nSPS) is 10.8. The molecule has 2 amide bonds. The molecule has 0 unspecified atom stereocenters. The molecular formula is C25H23N3O7. The predicted octanol–water partition coefficient (Wildman–Crippen LogP) is 4.03. The molecule has 0 saturated carbocycles. The summed E-state index contributed by atoms with van der Waals surface area (Å²) in [4.78, 5) is 37.2. The van der Waals surface area contributed by atoms with Crippen LogP contribution >= 0.6 is 0 Å². The maximum Gasteiger partial charge on any atom is 0.280 e. The first-order chi connectivity index (χ1) is 16.9. The van der Waals surface area contributed by atoms with Crippen LogP contribution in [0.5, 0.6) is 17.2 Å². The zero-order valence-electron chi connectivity index (χ0n) is 19.2. The Balaban J connectivity index is 2.09. The zero-order valence-corrected chi connectivity index (χ0v) is 19.2. The van der Waals surface area contributed by atoms with Crippen molar-refractivity contribution in [3.05, 3.63) is 93.7 Å². The van der Waals surface area contributed by atoms with Gasteiger partial charge in [0.05, 0.1) is 43.6 Å². The molecule has 0 radical (unpaired) electrons. The molecule has 0 atom stereocenters. The minimum atomic E-state index is -0.720. The molecule has 0 bridgehead atoms. The molecule has 0 aliphatic carbocycles. The van der Waals surface area contributed by atoms with E-state index in [1.165, 1.54) is 39.5 Å². The van der Waals surface area contributed by atoms with Gasteiger partial charge in [0.1, 0.15) is 11.4 Å². The number of benzene rings is 3. The second-order valence-corrected chi connectivity index (χ2v) is 7.06. The standard InChI is InChI=1S/C25H23N3O7/c1-33-21-12-8-7-11-18(21)26-25(30)19(27-24(29)16-9-5-4-6-10-16)13-17-14-22(34-2)23(35-3)15-20(17)28(31)32/h4-15H,1-3H3,(H,26,30)(H,27,29)/b19-13-. The molecule has 0 aliphatic heterocycles. The number of carbonyl (C=O) groups is 2. The van der Waals surface area contributed by atoms with Crippen LogP contribution in [0.1, 0.15) is 15.9 Å². The van der Waals surface area contributed by atoms with Gasteiger partial charge in [0.15, 0.2) is 11.5 Å². The minimum absolute atomic E-state index is 0.0196. The highest BCUT2D eigenvalue weighted by Gasteiger charge is 2.22. The van der Waals surface area contributed by atoms with Crippen LogP contribution in [-0.2, 0) is 4.79 Å². The summed E-state index contributed by atoms with van der Waals surface area (Å²) in [6, 6.07) is 17.5. The molecule has 2 N–H and O–H groups in total. The molecule has 0 fully saturated rings. The summed E-state index contributed by atoms with van der Waals surface area (Å²) < 4.78 is 15.7. The van der Waals surface area contributed by atoms with Crippen molar-refractivity contribution in [2.24, 2.45) is 0 Å². The first-order valence-electron chi connectivity index (χ1n) is 10.3. The number of rotatable bonds is 9. The van der Waals surface area contributed by atoms with Gasteiger partial charge in [-0.1, -0.05) is 30.3 Å². The number of ether oxygens (including phenoxy) is 3. The van der Waals surface area contributed by atoms with E-state index in [1.807, 2.05) is 0 Å². The summed E-state index contributed by atoms with van der Waals surface area (Å²) in [5, 5.41) is 16.9. The number of nitrogens with one attached hydrogen (secondary N) is 2. The van der Waals surface area contributed by atoms with Gasteiger partial charge < -0.3 is 24.8 Å². The Morgan fingerprint density at radius 2 is 1.46 bits per heavy atom. The lowest BCUT2D eigenvalue weighted by Gasteiger charge is -2.14. The van der Waals surface area contributed by atoms with Crippen LogP contribution in [0.4, 0.5) is 11.4 Å². The van der Waals surface area contributed by atoms with Gasteiger partial charge in [-0.05, 0) is 36.4 Å². The van der Waals surface area contributed by atoms with Crippen LogP contribution < -0.4 is 24.8 Å². The third-order valence-corrected chi connectivity index (χ3v) is 4.91. The van der Waals surface area contributed by atoms with Crippen LogP contribution in [0, 0.1) is 10.1 Å². The number of nitro groups is 1. The third-order valence-electron chi connectivity index (χ3n) is 4.91. The Kier molecular flexibility index (Phi) is 8.02. The summed E-state index contributed by atoms with van der Waals surface area (Å²) >= 11 is 0. The fourth-order valence-corrected chi connectivity index (χ4v) is 3.19. The van der Waals surface area contributed by atoms with Crippen LogP contribution in [0.2, 0.25) is 0 Å². The quantitative estimate of drug-likeness (QED) is 0.270. The second kappa shape index (κ2) is 11.3. The molecule has 0 aromatic heterocycles. The van der Waals surface area contributed by atoms with E-state index in [2.05, 4.69) is 10.6 Å². The molecule has 0 aliphatic rings. The lowest BCUT2D eigenvalue weighted by molar-refractivity contribution is -0.385. The first kappa shape index (κ1) is 24.8. The summed E-state index contributed by atoms with van der Waals surface area (Å²) in [7, 11) is 4.18. The Hall–Kier alpha value is -4.86. The zero-order chi connectivity index (χ0) is 25.4. The summed E-state index contributed by atoms with van der Waals surface area (Å²) in [6.45, 7) is 0. The fourth-order valence-electron chi connectivity index (χ4n) is 3.19.